The SMILES string of the molecule is CCCCCCCCCCCCCCCCN(CCCCCCCCCCCCCCCC)c1ccc(NC(C)=O)cc1. The quantitative estimate of drug-likeness (QED) is 0.0837. The van der Waals surface area contributed by atoms with Gasteiger partial charge in [0.15, 0.2) is 0 Å². The van der Waals surface area contributed by atoms with Crippen LogP contribution in [-0.4, -0.2) is 19.0 Å². The van der Waals surface area contributed by atoms with E-state index in [1.807, 2.05) is 0 Å². The molecule has 43 heavy (non-hydrogen) atoms. The molecule has 0 aromatic heterocycles. The minimum absolute atomic E-state index is 0.00516. The van der Waals surface area contributed by atoms with E-state index in [2.05, 4.69) is 48.3 Å². The number of carbonyl (C=O) groups is 1. The van der Waals surface area contributed by atoms with Crippen molar-refractivity contribution in [2.45, 2.75) is 201 Å². The Morgan fingerprint density at radius 3 is 1.02 bits per heavy atom. The van der Waals surface area contributed by atoms with Gasteiger partial charge in [0, 0.05) is 31.4 Å². The van der Waals surface area contributed by atoms with E-state index in [1.165, 1.54) is 185 Å². The number of unbranched alkanes of at least 4 members (excludes halogenated alkanes) is 26. The fourth-order valence-electron chi connectivity index (χ4n) is 6.32. The molecule has 0 saturated heterocycles. The molecule has 1 aromatic carbocycles. The van der Waals surface area contributed by atoms with Crippen molar-refractivity contribution in [1.82, 2.24) is 0 Å². The lowest BCUT2D eigenvalue weighted by molar-refractivity contribution is -0.114. The van der Waals surface area contributed by atoms with E-state index < -0.39 is 0 Å². The van der Waals surface area contributed by atoms with Crippen LogP contribution in [0.3, 0.4) is 0 Å². The number of carbonyl (C=O) groups excluding carboxylic acids is 1. The molecule has 0 unspecified atom stereocenters. The summed E-state index contributed by atoms with van der Waals surface area (Å²) in [6.07, 6.45) is 39.4. The van der Waals surface area contributed by atoms with Crippen molar-refractivity contribution in [3.05, 3.63) is 24.3 Å². The monoisotopic (exact) mass is 599 g/mol. The van der Waals surface area contributed by atoms with Gasteiger partial charge in [-0.2, -0.15) is 0 Å². The number of rotatable bonds is 32. The van der Waals surface area contributed by atoms with Gasteiger partial charge in [0.1, 0.15) is 0 Å². The lowest BCUT2D eigenvalue weighted by Crippen LogP contribution is -2.25. The first kappa shape index (κ1) is 39.5. The zero-order chi connectivity index (χ0) is 31.1. The topological polar surface area (TPSA) is 32.3 Å². The average Bonchev–Trinajstić information content (AvgIpc) is 3.00. The third-order valence-corrected chi connectivity index (χ3v) is 9.12. The molecule has 0 aliphatic carbocycles. The van der Waals surface area contributed by atoms with Crippen LogP contribution in [0.25, 0.3) is 0 Å². The highest BCUT2D eigenvalue weighted by Gasteiger charge is 2.07. The molecule has 0 radical (unpaired) electrons. The molecule has 0 atom stereocenters. The molecule has 250 valence electrons. The van der Waals surface area contributed by atoms with Gasteiger partial charge < -0.3 is 10.2 Å². The maximum absolute atomic E-state index is 11.4. The van der Waals surface area contributed by atoms with Crippen LogP contribution in [-0.2, 0) is 4.79 Å². The minimum atomic E-state index is -0.00516. The third-order valence-electron chi connectivity index (χ3n) is 9.12. The summed E-state index contributed by atoms with van der Waals surface area (Å²) in [5.41, 5.74) is 2.20. The van der Waals surface area contributed by atoms with Crippen LogP contribution in [0.5, 0.6) is 0 Å². The normalized spacial score (nSPS) is 11.2. The summed E-state index contributed by atoms with van der Waals surface area (Å²) in [6.45, 7) is 8.47. The standard InChI is InChI=1S/C40H74N2O/c1-4-6-8-10-12-14-16-18-20-22-24-26-28-30-36-42(40-34-32-39(33-35-40)41-38(3)43)37-31-29-27-25-23-21-19-17-15-13-11-9-7-5-2/h32-35H,4-31,36-37H2,1-3H3,(H,41,43). The van der Waals surface area contributed by atoms with Crippen LogP contribution in [0.15, 0.2) is 24.3 Å². The van der Waals surface area contributed by atoms with Crippen LogP contribution in [0.1, 0.15) is 201 Å². The van der Waals surface area contributed by atoms with Gasteiger partial charge in [0.05, 0.1) is 0 Å². The summed E-state index contributed by atoms with van der Waals surface area (Å²) in [5, 5.41) is 2.91. The lowest BCUT2D eigenvalue weighted by atomic mass is 10.0. The number of hydrogen-bond acceptors (Lipinski definition) is 2. The third kappa shape index (κ3) is 25.5. The van der Waals surface area contributed by atoms with E-state index in [0.717, 1.165) is 18.8 Å². The van der Waals surface area contributed by atoms with Crippen LogP contribution < -0.4 is 10.2 Å². The summed E-state index contributed by atoms with van der Waals surface area (Å²) in [4.78, 5) is 14.0. The number of nitrogens with zero attached hydrogens (tertiary/aromatic N) is 1. The smallest absolute Gasteiger partial charge is 0.221 e. The zero-order valence-electron chi connectivity index (χ0n) is 29.4. The molecular weight excluding hydrogens is 524 g/mol. The second-order valence-corrected chi connectivity index (χ2v) is 13.4. The number of nitrogens with one attached hydrogen (secondary N) is 1. The fourth-order valence-corrected chi connectivity index (χ4v) is 6.32. The van der Waals surface area contributed by atoms with Gasteiger partial charge in [-0.1, -0.05) is 181 Å². The van der Waals surface area contributed by atoms with Crippen molar-refractivity contribution in [1.29, 1.82) is 0 Å². The molecule has 3 nitrogen and oxygen atoms in total. The number of amides is 1. The Balaban J connectivity index is 2.19. The highest BCUT2D eigenvalue weighted by molar-refractivity contribution is 5.88. The zero-order valence-corrected chi connectivity index (χ0v) is 29.4. The first-order valence-electron chi connectivity index (χ1n) is 19.3. The first-order chi connectivity index (χ1) is 21.2. The second kappa shape index (κ2) is 30.5. The Labute approximate surface area is 269 Å². The van der Waals surface area contributed by atoms with Crippen LogP contribution >= 0.6 is 0 Å². The number of anilines is 2. The summed E-state index contributed by atoms with van der Waals surface area (Å²) in [5.74, 6) is -0.00516. The Bertz CT molecular complexity index is 684. The Morgan fingerprint density at radius 2 is 0.744 bits per heavy atom. The van der Waals surface area contributed by atoms with Gasteiger partial charge in [-0.25, -0.2) is 0 Å². The molecule has 0 fully saturated rings. The summed E-state index contributed by atoms with van der Waals surface area (Å²) in [7, 11) is 0. The van der Waals surface area contributed by atoms with Crippen LogP contribution in [0, 0.1) is 0 Å². The Hall–Kier alpha value is -1.51. The maximum atomic E-state index is 11.4. The van der Waals surface area contributed by atoms with Crippen molar-refractivity contribution >= 4 is 17.3 Å². The van der Waals surface area contributed by atoms with Crippen LogP contribution in [0.4, 0.5) is 11.4 Å². The van der Waals surface area contributed by atoms with E-state index in [0.29, 0.717) is 0 Å². The van der Waals surface area contributed by atoms with Crippen molar-refractivity contribution in [3.63, 3.8) is 0 Å². The van der Waals surface area contributed by atoms with Crippen molar-refractivity contribution in [2.75, 3.05) is 23.3 Å². The minimum Gasteiger partial charge on any atom is -0.372 e. The predicted octanol–water partition coefficient (Wildman–Crippen LogP) is 13.4. The highest BCUT2D eigenvalue weighted by Crippen LogP contribution is 2.21. The van der Waals surface area contributed by atoms with Gasteiger partial charge >= 0.3 is 0 Å². The van der Waals surface area contributed by atoms with E-state index in [9.17, 15) is 4.79 Å². The molecule has 1 amide bonds. The van der Waals surface area contributed by atoms with Crippen molar-refractivity contribution in [3.8, 4) is 0 Å². The Morgan fingerprint density at radius 1 is 0.465 bits per heavy atom. The molecule has 0 aliphatic rings. The summed E-state index contributed by atoms with van der Waals surface area (Å²) in [6, 6.07) is 8.50. The molecule has 3 heteroatoms. The largest absolute Gasteiger partial charge is 0.372 e. The van der Waals surface area contributed by atoms with Gasteiger partial charge in [-0.05, 0) is 37.1 Å². The molecular formula is C40H74N2O. The van der Waals surface area contributed by atoms with E-state index in [-0.39, 0.29) is 5.91 Å². The Kier molecular flexibility index (Phi) is 28.0. The molecule has 0 aliphatic heterocycles. The predicted molar refractivity (Wildman–Crippen MR) is 194 cm³/mol. The van der Waals surface area contributed by atoms with Gasteiger partial charge in [-0.3, -0.25) is 4.79 Å². The maximum Gasteiger partial charge on any atom is 0.221 e. The van der Waals surface area contributed by atoms with Crippen molar-refractivity contribution < 1.29 is 4.79 Å². The number of benzene rings is 1. The fraction of sp³-hybridized carbons (Fsp3) is 0.825. The lowest BCUT2D eigenvalue weighted by Gasteiger charge is -2.25. The molecule has 0 bridgehead atoms. The van der Waals surface area contributed by atoms with Gasteiger partial charge in [0.25, 0.3) is 0 Å². The van der Waals surface area contributed by atoms with Gasteiger partial charge in [-0.15, -0.1) is 0 Å². The average molecular weight is 599 g/mol. The molecule has 1 aromatic rings. The highest BCUT2D eigenvalue weighted by atomic mass is 16.1. The second-order valence-electron chi connectivity index (χ2n) is 13.4. The van der Waals surface area contributed by atoms with Gasteiger partial charge in [0.2, 0.25) is 5.91 Å². The number of hydrogen-bond donors (Lipinski definition) is 1. The van der Waals surface area contributed by atoms with E-state index in [4.69, 9.17) is 0 Å². The first-order valence-corrected chi connectivity index (χ1v) is 19.3. The van der Waals surface area contributed by atoms with E-state index in [1.54, 1.807) is 6.92 Å². The summed E-state index contributed by atoms with van der Waals surface area (Å²) >= 11 is 0. The van der Waals surface area contributed by atoms with Crippen molar-refractivity contribution in [2.24, 2.45) is 0 Å². The molecule has 0 saturated carbocycles. The molecule has 0 heterocycles. The summed E-state index contributed by atoms with van der Waals surface area (Å²) < 4.78 is 0. The molecule has 1 N–H and O–H groups in total. The molecule has 1 rings (SSSR count). The van der Waals surface area contributed by atoms with Crippen LogP contribution in [0.2, 0.25) is 0 Å². The van der Waals surface area contributed by atoms with E-state index >= 15 is 0 Å². The molecule has 0 spiro atoms.